The van der Waals surface area contributed by atoms with Crippen LogP contribution in [0.1, 0.15) is 27.7 Å². The average molecular weight is 357 g/mol. The molecule has 1 rings (SSSR count). The standard InChI is InChI=1S/C17H28N4O2.ClH/c1-16(2,11-18)12-21(5)14(22)17(3,4)20-15(23)19-13-9-7-6-8-10-13;/h6-10H,11-12,18H2,1-5H3,(H2,19,20,23);1H. The summed E-state index contributed by atoms with van der Waals surface area (Å²) in [7, 11) is 1.72. The molecule has 0 aromatic heterocycles. The molecule has 0 spiro atoms. The van der Waals surface area contributed by atoms with Crippen molar-refractivity contribution in [3.8, 4) is 0 Å². The first-order chi connectivity index (χ1) is 10.6. The second kappa shape index (κ2) is 8.89. The van der Waals surface area contributed by atoms with Crippen LogP contribution in [0.5, 0.6) is 0 Å². The van der Waals surface area contributed by atoms with Crippen molar-refractivity contribution in [2.75, 3.05) is 25.5 Å². The molecule has 0 aliphatic carbocycles. The number of nitrogens with zero attached hydrogens (tertiary/aromatic N) is 1. The van der Waals surface area contributed by atoms with E-state index in [4.69, 9.17) is 5.73 Å². The third kappa shape index (κ3) is 6.76. The number of nitrogens with one attached hydrogen (secondary N) is 2. The van der Waals surface area contributed by atoms with Gasteiger partial charge in [-0.25, -0.2) is 4.79 Å². The van der Waals surface area contributed by atoms with Gasteiger partial charge >= 0.3 is 6.03 Å². The summed E-state index contributed by atoms with van der Waals surface area (Å²) in [6.07, 6.45) is 0. The van der Waals surface area contributed by atoms with E-state index in [9.17, 15) is 9.59 Å². The fraction of sp³-hybridized carbons (Fsp3) is 0.529. The van der Waals surface area contributed by atoms with Crippen molar-refractivity contribution < 1.29 is 9.59 Å². The van der Waals surface area contributed by atoms with E-state index in [2.05, 4.69) is 10.6 Å². The number of halogens is 1. The molecule has 3 amide bonds. The first-order valence-electron chi connectivity index (χ1n) is 7.67. The number of carbonyl (C=O) groups excluding carboxylic acids is 2. The molecule has 1 aromatic rings. The van der Waals surface area contributed by atoms with E-state index in [1.807, 2.05) is 32.0 Å². The maximum atomic E-state index is 12.6. The Bertz CT molecular complexity index is 547. The van der Waals surface area contributed by atoms with Gasteiger partial charge in [0.05, 0.1) is 0 Å². The summed E-state index contributed by atoms with van der Waals surface area (Å²) in [4.78, 5) is 26.3. The zero-order valence-corrected chi connectivity index (χ0v) is 15.9. The number of benzene rings is 1. The van der Waals surface area contributed by atoms with E-state index >= 15 is 0 Å². The molecule has 0 fully saturated rings. The number of amides is 3. The molecule has 7 heteroatoms. The lowest BCUT2D eigenvalue weighted by Gasteiger charge is -2.34. The Morgan fingerprint density at radius 2 is 1.67 bits per heavy atom. The first kappa shape index (κ1) is 22.2. The van der Waals surface area contributed by atoms with Crippen LogP contribution >= 0.6 is 12.4 Å². The summed E-state index contributed by atoms with van der Waals surface area (Å²) in [5.41, 5.74) is 5.20. The van der Waals surface area contributed by atoms with Gasteiger partial charge in [0, 0.05) is 19.3 Å². The van der Waals surface area contributed by atoms with Gasteiger partial charge in [-0.1, -0.05) is 32.0 Å². The van der Waals surface area contributed by atoms with Gasteiger partial charge in [-0.05, 0) is 37.9 Å². The Morgan fingerprint density at radius 3 is 2.17 bits per heavy atom. The van der Waals surface area contributed by atoms with Crippen LogP contribution in [0.2, 0.25) is 0 Å². The SMILES string of the molecule is CN(CC(C)(C)CN)C(=O)C(C)(C)NC(=O)Nc1ccccc1.Cl. The number of hydrogen-bond donors (Lipinski definition) is 3. The van der Waals surface area contributed by atoms with E-state index in [-0.39, 0.29) is 23.7 Å². The number of likely N-dealkylation sites (N-methyl/N-ethyl adjacent to an activating group) is 1. The van der Waals surface area contributed by atoms with Crippen LogP contribution in [-0.4, -0.2) is 42.5 Å². The fourth-order valence-electron chi connectivity index (χ4n) is 2.28. The lowest BCUT2D eigenvalue weighted by atomic mass is 9.92. The van der Waals surface area contributed by atoms with Gasteiger partial charge < -0.3 is 21.3 Å². The van der Waals surface area contributed by atoms with E-state index < -0.39 is 11.6 Å². The highest BCUT2D eigenvalue weighted by Crippen LogP contribution is 2.17. The van der Waals surface area contributed by atoms with Crippen LogP contribution < -0.4 is 16.4 Å². The Labute approximate surface area is 150 Å². The predicted molar refractivity (Wildman–Crippen MR) is 100 cm³/mol. The Balaban J connectivity index is 0.00000529. The second-order valence-electron chi connectivity index (χ2n) is 7.10. The molecule has 6 nitrogen and oxygen atoms in total. The Morgan fingerprint density at radius 1 is 1.12 bits per heavy atom. The summed E-state index contributed by atoms with van der Waals surface area (Å²) in [6.45, 7) is 8.37. The molecule has 1 aromatic carbocycles. The van der Waals surface area contributed by atoms with Crippen molar-refractivity contribution in [1.29, 1.82) is 0 Å². The number of nitrogens with two attached hydrogens (primary N) is 1. The number of anilines is 1. The molecule has 0 aliphatic rings. The molecule has 0 saturated heterocycles. The average Bonchev–Trinajstić information content (AvgIpc) is 2.46. The molecule has 24 heavy (non-hydrogen) atoms. The summed E-state index contributed by atoms with van der Waals surface area (Å²) >= 11 is 0. The Kier molecular flexibility index (Phi) is 8.23. The highest BCUT2D eigenvalue weighted by Gasteiger charge is 2.34. The molecule has 0 radical (unpaired) electrons. The molecule has 0 aliphatic heterocycles. The molecule has 136 valence electrons. The maximum Gasteiger partial charge on any atom is 0.320 e. The molecule has 0 bridgehead atoms. The normalized spacial score (nSPS) is 11.2. The Hall–Kier alpha value is -1.79. The van der Waals surface area contributed by atoms with Crippen molar-refractivity contribution in [3.63, 3.8) is 0 Å². The van der Waals surface area contributed by atoms with Gasteiger partial charge in [0.2, 0.25) is 5.91 Å². The van der Waals surface area contributed by atoms with Crippen molar-refractivity contribution in [1.82, 2.24) is 10.2 Å². The minimum absolute atomic E-state index is 0. The lowest BCUT2D eigenvalue weighted by molar-refractivity contribution is -0.136. The van der Waals surface area contributed by atoms with Crippen LogP contribution in [-0.2, 0) is 4.79 Å². The number of hydrogen-bond acceptors (Lipinski definition) is 3. The van der Waals surface area contributed by atoms with Crippen LogP contribution in [0.25, 0.3) is 0 Å². The molecule has 4 N–H and O–H groups in total. The number of rotatable bonds is 6. The van der Waals surface area contributed by atoms with Crippen LogP contribution in [0, 0.1) is 5.41 Å². The zero-order valence-electron chi connectivity index (χ0n) is 15.1. The molecule has 0 heterocycles. The first-order valence-corrected chi connectivity index (χ1v) is 7.67. The van der Waals surface area contributed by atoms with Crippen LogP contribution in [0.3, 0.4) is 0 Å². The molecule has 0 atom stereocenters. The third-order valence-corrected chi connectivity index (χ3v) is 3.56. The molecule has 0 saturated carbocycles. The molecule has 0 unspecified atom stereocenters. The summed E-state index contributed by atoms with van der Waals surface area (Å²) in [5, 5.41) is 5.43. The minimum atomic E-state index is -1.02. The second-order valence-corrected chi connectivity index (χ2v) is 7.10. The van der Waals surface area contributed by atoms with Gasteiger partial charge in [-0.15, -0.1) is 12.4 Å². The van der Waals surface area contributed by atoms with Crippen LogP contribution in [0.4, 0.5) is 10.5 Å². The minimum Gasteiger partial charge on any atom is -0.343 e. The summed E-state index contributed by atoms with van der Waals surface area (Å²) in [5.74, 6) is -0.165. The molecular formula is C17H29ClN4O2. The van der Waals surface area contributed by atoms with Crippen molar-refractivity contribution in [3.05, 3.63) is 30.3 Å². The summed E-state index contributed by atoms with van der Waals surface area (Å²) < 4.78 is 0. The van der Waals surface area contributed by atoms with E-state index in [1.54, 1.807) is 37.9 Å². The number of urea groups is 1. The summed E-state index contributed by atoms with van der Waals surface area (Å²) in [6, 6.07) is 8.67. The number of para-hydroxylation sites is 1. The van der Waals surface area contributed by atoms with Crippen LogP contribution in [0.15, 0.2) is 30.3 Å². The van der Waals surface area contributed by atoms with Gasteiger partial charge in [0.15, 0.2) is 0 Å². The fourth-order valence-corrected chi connectivity index (χ4v) is 2.28. The van der Waals surface area contributed by atoms with E-state index in [0.29, 0.717) is 18.8 Å². The van der Waals surface area contributed by atoms with Gasteiger partial charge in [0.1, 0.15) is 5.54 Å². The van der Waals surface area contributed by atoms with Crippen molar-refractivity contribution in [2.45, 2.75) is 33.2 Å². The molecular weight excluding hydrogens is 328 g/mol. The van der Waals surface area contributed by atoms with Crippen molar-refractivity contribution in [2.24, 2.45) is 11.1 Å². The lowest BCUT2D eigenvalue weighted by Crippen LogP contribution is -2.57. The van der Waals surface area contributed by atoms with E-state index in [1.165, 1.54) is 0 Å². The maximum absolute atomic E-state index is 12.6. The zero-order chi connectivity index (χ0) is 17.7. The largest absolute Gasteiger partial charge is 0.343 e. The van der Waals surface area contributed by atoms with Crippen molar-refractivity contribution >= 4 is 30.0 Å². The highest BCUT2D eigenvalue weighted by atomic mass is 35.5. The quantitative estimate of drug-likeness (QED) is 0.731. The van der Waals surface area contributed by atoms with Gasteiger partial charge in [0.25, 0.3) is 0 Å². The smallest absolute Gasteiger partial charge is 0.320 e. The van der Waals surface area contributed by atoms with Gasteiger partial charge in [-0.2, -0.15) is 0 Å². The monoisotopic (exact) mass is 356 g/mol. The topological polar surface area (TPSA) is 87.5 Å². The van der Waals surface area contributed by atoms with E-state index in [0.717, 1.165) is 0 Å². The highest BCUT2D eigenvalue weighted by molar-refractivity contribution is 5.95. The van der Waals surface area contributed by atoms with Gasteiger partial charge in [-0.3, -0.25) is 4.79 Å². The predicted octanol–water partition coefficient (Wildman–Crippen LogP) is 2.45. The number of carbonyl (C=O) groups is 2. The third-order valence-electron chi connectivity index (χ3n) is 3.56.